The average molecular weight is 231 g/mol. The van der Waals surface area contributed by atoms with Gasteiger partial charge in [0.25, 0.3) is 0 Å². The van der Waals surface area contributed by atoms with Gasteiger partial charge in [-0.25, -0.2) is 0 Å². The van der Waals surface area contributed by atoms with Gasteiger partial charge < -0.3 is 20.7 Å². The van der Waals surface area contributed by atoms with Crippen LogP contribution in [0.25, 0.3) is 0 Å². The van der Waals surface area contributed by atoms with Crippen molar-refractivity contribution in [2.45, 2.75) is 13.3 Å². The molecule has 6 heteroatoms. The molecular weight excluding hydrogens is 210 g/mol. The van der Waals surface area contributed by atoms with Crippen LogP contribution in [0.3, 0.4) is 0 Å². The Kier molecular flexibility index (Phi) is 9.64. The standard InChI is InChI=1S/C10H21N3O3/c1-3-4-12-10(15)8-13-9(14)7-11-5-6-16-2/h11H,3-8H2,1-2H3,(H,12,15)(H,13,14). The molecule has 0 fully saturated rings. The third kappa shape index (κ3) is 9.42. The minimum Gasteiger partial charge on any atom is -0.383 e. The van der Waals surface area contributed by atoms with Crippen LogP contribution in [-0.4, -0.2) is 51.7 Å². The molecule has 0 aromatic rings. The smallest absolute Gasteiger partial charge is 0.239 e. The molecule has 0 spiro atoms. The molecule has 6 nitrogen and oxygen atoms in total. The van der Waals surface area contributed by atoms with Gasteiger partial charge in [-0.3, -0.25) is 9.59 Å². The summed E-state index contributed by atoms with van der Waals surface area (Å²) < 4.78 is 4.81. The van der Waals surface area contributed by atoms with Crippen LogP contribution in [0.4, 0.5) is 0 Å². The van der Waals surface area contributed by atoms with Gasteiger partial charge in [-0.05, 0) is 6.42 Å². The normalized spacial score (nSPS) is 9.88. The predicted molar refractivity (Wildman–Crippen MR) is 61.1 cm³/mol. The van der Waals surface area contributed by atoms with Crippen molar-refractivity contribution in [1.82, 2.24) is 16.0 Å². The summed E-state index contributed by atoms with van der Waals surface area (Å²) in [4.78, 5) is 22.3. The second kappa shape index (κ2) is 10.4. The fraction of sp³-hybridized carbons (Fsp3) is 0.800. The van der Waals surface area contributed by atoms with Gasteiger partial charge in [-0.1, -0.05) is 6.92 Å². The van der Waals surface area contributed by atoms with Crippen LogP contribution in [0.1, 0.15) is 13.3 Å². The lowest BCUT2D eigenvalue weighted by Gasteiger charge is -2.06. The molecular formula is C10H21N3O3. The Morgan fingerprint density at radius 2 is 1.75 bits per heavy atom. The molecule has 0 atom stereocenters. The number of methoxy groups -OCH3 is 1. The molecule has 0 aromatic heterocycles. The molecule has 16 heavy (non-hydrogen) atoms. The molecule has 0 unspecified atom stereocenters. The van der Waals surface area contributed by atoms with Crippen LogP contribution in [0.15, 0.2) is 0 Å². The van der Waals surface area contributed by atoms with Crippen LogP contribution in [0, 0.1) is 0 Å². The Morgan fingerprint density at radius 1 is 1.06 bits per heavy atom. The van der Waals surface area contributed by atoms with Crippen molar-refractivity contribution in [3.05, 3.63) is 0 Å². The van der Waals surface area contributed by atoms with Crippen molar-refractivity contribution in [3.63, 3.8) is 0 Å². The highest BCUT2D eigenvalue weighted by Gasteiger charge is 2.03. The van der Waals surface area contributed by atoms with Crippen molar-refractivity contribution in [1.29, 1.82) is 0 Å². The minimum absolute atomic E-state index is 0.0325. The summed E-state index contributed by atoms with van der Waals surface area (Å²) in [5.74, 6) is -0.352. The molecule has 0 saturated carbocycles. The molecule has 2 amide bonds. The molecule has 0 bridgehead atoms. The number of carbonyl (C=O) groups is 2. The molecule has 0 radical (unpaired) electrons. The predicted octanol–water partition coefficient (Wildman–Crippen LogP) is -1.14. The Labute approximate surface area is 96.1 Å². The zero-order valence-corrected chi connectivity index (χ0v) is 9.97. The quantitative estimate of drug-likeness (QED) is 0.438. The van der Waals surface area contributed by atoms with Crippen LogP contribution in [0.5, 0.6) is 0 Å². The Hall–Kier alpha value is -1.14. The number of hydrogen-bond donors (Lipinski definition) is 3. The molecule has 0 rings (SSSR count). The lowest BCUT2D eigenvalue weighted by atomic mass is 10.4. The summed E-state index contributed by atoms with van der Waals surface area (Å²) in [5.41, 5.74) is 0. The first-order valence-electron chi connectivity index (χ1n) is 5.43. The molecule has 0 heterocycles. The summed E-state index contributed by atoms with van der Waals surface area (Å²) in [6.07, 6.45) is 0.887. The van der Waals surface area contributed by atoms with Gasteiger partial charge in [0, 0.05) is 20.2 Å². The van der Waals surface area contributed by atoms with Crippen LogP contribution in [-0.2, 0) is 14.3 Å². The third-order valence-electron chi connectivity index (χ3n) is 1.79. The minimum atomic E-state index is -0.192. The average Bonchev–Trinajstić information content (AvgIpc) is 2.29. The van der Waals surface area contributed by atoms with E-state index in [0.717, 1.165) is 6.42 Å². The van der Waals surface area contributed by atoms with Gasteiger partial charge in [0.05, 0.1) is 19.7 Å². The second-order valence-electron chi connectivity index (χ2n) is 3.30. The lowest BCUT2D eigenvalue weighted by molar-refractivity contribution is -0.125. The van der Waals surface area contributed by atoms with Gasteiger partial charge >= 0.3 is 0 Å². The van der Waals surface area contributed by atoms with E-state index in [1.54, 1.807) is 7.11 Å². The Bertz CT molecular complexity index is 209. The Morgan fingerprint density at radius 3 is 2.38 bits per heavy atom. The highest BCUT2D eigenvalue weighted by Crippen LogP contribution is 1.72. The molecule has 0 aliphatic carbocycles. The van der Waals surface area contributed by atoms with Crippen molar-refractivity contribution in [2.75, 3.05) is 39.9 Å². The van der Waals surface area contributed by atoms with Gasteiger partial charge in [-0.15, -0.1) is 0 Å². The lowest BCUT2D eigenvalue weighted by Crippen LogP contribution is -2.41. The largest absolute Gasteiger partial charge is 0.383 e. The molecule has 94 valence electrons. The summed E-state index contributed by atoms with van der Waals surface area (Å²) in [6, 6.07) is 0. The topological polar surface area (TPSA) is 79.5 Å². The third-order valence-corrected chi connectivity index (χ3v) is 1.79. The molecule has 3 N–H and O–H groups in total. The maximum absolute atomic E-state index is 11.2. The van der Waals surface area contributed by atoms with E-state index in [1.807, 2.05) is 6.92 Å². The molecule has 0 aromatic carbocycles. The zero-order valence-electron chi connectivity index (χ0n) is 9.97. The number of rotatable bonds is 9. The van der Waals surface area contributed by atoms with E-state index in [1.165, 1.54) is 0 Å². The van der Waals surface area contributed by atoms with E-state index in [-0.39, 0.29) is 24.9 Å². The van der Waals surface area contributed by atoms with Gasteiger partial charge in [-0.2, -0.15) is 0 Å². The molecule has 0 aliphatic rings. The van der Waals surface area contributed by atoms with E-state index in [2.05, 4.69) is 16.0 Å². The highest BCUT2D eigenvalue weighted by atomic mass is 16.5. The monoisotopic (exact) mass is 231 g/mol. The van der Waals surface area contributed by atoms with E-state index in [4.69, 9.17) is 4.74 Å². The number of carbonyl (C=O) groups excluding carboxylic acids is 2. The van der Waals surface area contributed by atoms with Crippen LogP contribution >= 0.6 is 0 Å². The summed E-state index contributed by atoms with van der Waals surface area (Å²) in [5, 5.41) is 8.07. The number of ether oxygens (including phenoxy) is 1. The first-order valence-corrected chi connectivity index (χ1v) is 5.43. The van der Waals surface area contributed by atoms with E-state index in [9.17, 15) is 9.59 Å². The molecule has 0 aliphatic heterocycles. The first kappa shape index (κ1) is 14.9. The summed E-state index contributed by atoms with van der Waals surface area (Å²) >= 11 is 0. The zero-order chi connectivity index (χ0) is 12.2. The number of hydrogen-bond acceptors (Lipinski definition) is 4. The van der Waals surface area contributed by atoms with Crippen molar-refractivity contribution in [3.8, 4) is 0 Å². The van der Waals surface area contributed by atoms with Crippen molar-refractivity contribution in [2.24, 2.45) is 0 Å². The first-order chi connectivity index (χ1) is 7.70. The molecule has 0 saturated heterocycles. The van der Waals surface area contributed by atoms with Gasteiger partial charge in [0.15, 0.2) is 0 Å². The maximum atomic E-state index is 11.2. The summed E-state index contributed by atoms with van der Waals surface area (Å²) in [7, 11) is 1.60. The van der Waals surface area contributed by atoms with Crippen LogP contribution < -0.4 is 16.0 Å². The van der Waals surface area contributed by atoms with Crippen LogP contribution in [0.2, 0.25) is 0 Å². The van der Waals surface area contributed by atoms with Gasteiger partial charge in [0.2, 0.25) is 11.8 Å². The second-order valence-corrected chi connectivity index (χ2v) is 3.30. The van der Waals surface area contributed by atoms with Crippen molar-refractivity contribution >= 4 is 11.8 Å². The SMILES string of the molecule is CCCNC(=O)CNC(=O)CNCCOC. The fourth-order valence-corrected chi connectivity index (χ4v) is 0.944. The number of amides is 2. The van der Waals surface area contributed by atoms with Gasteiger partial charge in [0.1, 0.15) is 0 Å². The van der Waals surface area contributed by atoms with Crippen molar-refractivity contribution < 1.29 is 14.3 Å². The highest BCUT2D eigenvalue weighted by molar-refractivity contribution is 5.85. The Balaban J connectivity index is 3.38. The van der Waals surface area contributed by atoms with E-state index < -0.39 is 0 Å². The summed E-state index contributed by atoms with van der Waals surface area (Å²) in [6.45, 7) is 4.02. The number of nitrogens with one attached hydrogen (secondary N) is 3. The fourth-order valence-electron chi connectivity index (χ4n) is 0.944. The van der Waals surface area contributed by atoms with E-state index >= 15 is 0 Å². The van der Waals surface area contributed by atoms with E-state index in [0.29, 0.717) is 19.7 Å². The maximum Gasteiger partial charge on any atom is 0.239 e.